The van der Waals surface area contributed by atoms with Crippen LogP contribution in [0.4, 0.5) is 0 Å². The minimum Gasteiger partial charge on any atom is -0.379 e. The van der Waals surface area contributed by atoms with E-state index in [1.165, 1.54) is 0 Å². The lowest BCUT2D eigenvalue weighted by atomic mass is 10.3. The third kappa shape index (κ3) is 3.34. The van der Waals surface area contributed by atoms with Crippen LogP contribution in [0.2, 0.25) is 0 Å². The highest BCUT2D eigenvalue weighted by molar-refractivity contribution is 8.93. The van der Waals surface area contributed by atoms with Gasteiger partial charge in [-0.25, -0.2) is 0 Å². The van der Waals surface area contributed by atoms with Crippen molar-refractivity contribution in [2.75, 3.05) is 32.8 Å². The molecular weight excluding hydrogens is 344 g/mol. The van der Waals surface area contributed by atoms with Crippen molar-refractivity contribution in [2.45, 2.75) is 13.1 Å². The summed E-state index contributed by atoms with van der Waals surface area (Å²) < 4.78 is 9.47. The SMILES string of the molecule is Br.C=CCn1c(=N)n(CCN2CCOCC2)c2ccccc21. The van der Waals surface area contributed by atoms with Gasteiger partial charge in [-0.15, -0.1) is 23.6 Å². The number of hydrogen-bond donors (Lipinski definition) is 1. The third-order valence-corrected chi connectivity index (χ3v) is 4.03. The van der Waals surface area contributed by atoms with Crippen molar-refractivity contribution in [2.24, 2.45) is 0 Å². The summed E-state index contributed by atoms with van der Waals surface area (Å²) in [5, 5.41) is 8.43. The van der Waals surface area contributed by atoms with Gasteiger partial charge in [0.05, 0.1) is 24.2 Å². The fourth-order valence-electron chi connectivity index (χ4n) is 2.90. The van der Waals surface area contributed by atoms with Gasteiger partial charge in [0.2, 0.25) is 5.62 Å². The van der Waals surface area contributed by atoms with E-state index >= 15 is 0 Å². The monoisotopic (exact) mass is 366 g/mol. The van der Waals surface area contributed by atoms with E-state index in [-0.39, 0.29) is 17.0 Å². The third-order valence-electron chi connectivity index (χ3n) is 4.03. The van der Waals surface area contributed by atoms with Crippen molar-refractivity contribution in [3.05, 3.63) is 42.5 Å². The second kappa shape index (κ2) is 7.76. The highest BCUT2D eigenvalue weighted by Gasteiger charge is 2.13. The second-order valence-corrected chi connectivity index (χ2v) is 5.32. The first kappa shape index (κ1) is 17.0. The Bertz CT molecular complexity index is 685. The number of nitrogens with zero attached hydrogens (tertiary/aromatic N) is 3. The maximum absolute atomic E-state index is 8.43. The maximum atomic E-state index is 8.43. The lowest BCUT2D eigenvalue weighted by Gasteiger charge is -2.26. The summed E-state index contributed by atoms with van der Waals surface area (Å²) >= 11 is 0. The van der Waals surface area contributed by atoms with Crippen LogP contribution in [0, 0.1) is 5.41 Å². The van der Waals surface area contributed by atoms with Gasteiger partial charge in [-0.05, 0) is 12.1 Å². The van der Waals surface area contributed by atoms with Crippen molar-refractivity contribution in [1.82, 2.24) is 14.0 Å². The summed E-state index contributed by atoms with van der Waals surface area (Å²) in [6.07, 6.45) is 1.84. The summed E-state index contributed by atoms with van der Waals surface area (Å²) in [5.41, 5.74) is 2.77. The number of fused-ring (bicyclic) bond motifs is 1. The zero-order chi connectivity index (χ0) is 14.7. The molecule has 1 N–H and O–H groups in total. The minimum atomic E-state index is 0. The van der Waals surface area contributed by atoms with E-state index in [1.807, 2.05) is 22.8 Å². The maximum Gasteiger partial charge on any atom is 0.203 e. The van der Waals surface area contributed by atoms with Gasteiger partial charge in [-0.2, -0.15) is 0 Å². The molecule has 120 valence electrons. The Labute approximate surface area is 141 Å². The predicted molar refractivity (Wildman–Crippen MR) is 93.6 cm³/mol. The van der Waals surface area contributed by atoms with E-state index in [0.717, 1.165) is 50.4 Å². The fraction of sp³-hybridized carbons (Fsp3) is 0.438. The molecule has 1 aromatic heterocycles. The lowest BCUT2D eigenvalue weighted by Crippen LogP contribution is -2.39. The number of rotatable bonds is 5. The molecule has 0 radical (unpaired) electrons. The van der Waals surface area contributed by atoms with Gasteiger partial charge in [0.1, 0.15) is 0 Å². The van der Waals surface area contributed by atoms with Crippen molar-refractivity contribution in [3.63, 3.8) is 0 Å². The highest BCUT2D eigenvalue weighted by Crippen LogP contribution is 2.13. The molecule has 0 saturated carbocycles. The number of allylic oxidation sites excluding steroid dienone is 1. The van der Waals surface area contributed by atoms with Crippen LogP contribution in [0.5, 0.6) is 0 Å². The smallest absolute Gasteiger partial charge is 0.203 e. The van der Waals surface area contributed by atoms with E-state index in [1.54, 1.807) is 0 Å². The van der Waals surface area contributed by atoms with Crippen LogP contribution in [0.3, 0.4) is 0 Å². The van der Waals surface area contributed by atoms with Crippen LogP contribution in [-0.4, -0.2) is 46.9 Å². The van der Waals surface area contributed by atoms with Crippen LogP contribution < -0.4 is 5.62 Å². The molecular formula is C16H23BrN4O. The van der Waals surface area contributed by atoms with Crippen molar-refractivity contribution < 1.29 is 4.74 Å². The van der Waals surface area contributed by atoms with Crippen LogP contribution >= 0.6 is 17.0 Å². The predicted octanol–water partition coefficient (Wildman–Crippen LogP) is 2.02. The number of benzene rings is 1. The van der Waals surface area contributed by atoms with Crippen molar-refractivity contribution in [1.29, 1.82) is 5.41 Å². The molecule has 1 aromatic carbocycles. The van der Waals surface area contributed by atoms with Gasteiger partial charge < -0.3 is 13.9 Å². The Hall–Kier alpha value is -1.37. The molecule has 1 fully saturated rings. The van der Waals surface area contributed by atoms with Gasteiger partial charge in [0.25, 0.3) is 0 Å². The standard InChI is InChI=1S/C16H22N4O.BrH/c1-2-7-19-14-5-3-4-6-15(14)20(16(19)17)9-8-18-10-12-21-13-11-18;/h2-6,17H,1,7-13H2;1H. The number of hydrogen-bond acceptors (Lipinski definition) is 3. The molecule has 0 atom stereocenters. The van der Waals surface area contributed by atoms with Gasteiger partial charge in [0.15, 0.2) is 0 Å². The van der Waals surface area contributed by atoms with Crippen LogP contribution in [-0.2, 0) is 17.8 Å². The summed E-state index contributed by atoms with van der Waals surface area (Å²) in [4.78, 5) is 2.40. The van der Waals surface area contributed by atoms with Gasteiger partial charge >= 0.3 is 0 Å². The largest absolute Gasteiger partial charge is 0.379 e. The number of nitrogens with one attached hydrogen (secondary N) is 1. The second-order valence-electron chi connectivity index (χ2n) is 5.32. The minimum absolute atomic E-state index is 0. The van der Waals surface area contributed by atoms with Crippen molar-refractivity contribution in [3.8, 4) is 0 Å². The summed E-state index contributed by atoms with van der Waals surface area (Å²) in [5.74, 6) is 0. The summed E-state index contributed by atoms with van der Waals surface area (Å²) in [7, 11) is 0. The number of imidazole rings is 1. The normalized spacial score (nSPS) is 15.6. The molecule has 22 heavy (non-hydrogen) atoms. The van der Waals surface area contributed by atoms with E-state index < -0.39 is 0 Å². The molecule has 6 heteroatoms. The summed E-state index contributed by atoms with van der Waals surface area (Å²) in [6, 6.07) is 8.22. The summed E-state index contributed by atoms with van der Waals surface area (Å²) in [6.45, 7) is 9.87. The van der Waals surface area contributed by atoms with Gasteiger partial charge in [-0.1, -0.05) is 18.2 Å². The Balaban J connectivity index is 0.00000176. The highest BCUT2D eigenvalue weighted by atomic mass is 79.9. The number of halogens is 1. The topological polar surface area (TPSA) is 46.2 Å². The zero-order valence-corrected chi connectivity index (χ0v) is 14.4. The Morgan fingerprint density at radius 3 is 2.36 bits per heavy atom. The Morgan fingerprint density at radius 1 is 1.09 bits per heavy atom. The quantitative estimate of drug-likeness (QED) is 0.822. The van der Waals surface area contributed by atoms with Crippen LogP contribution in [0.25, 0.3) is 11.0 Å². The first-order chi connectivity index (χ1) is 10.3. The fourth-order valence-corrected chi connectivity index (χ4v) is 2.90. The molecule has 0 bridgehead atoms. The Kier molecular flexibility index (Phi) is 5.99. The van der Waals surface area contributed by atoms with Gasteiger partial charge in [-0.3, -0.25) is 10.3 Å². The molecule has 1 aliphatic heterocycles. The number of para-hydroxylation sites is 2. The Morgan fingerprint density at radius 2 is 1.73 bits per heavy atom. The van der Waals surface area contributed by atoms with Crippen LogP contribution in [0.15, 0.2) is 36.9 Å². The number of ether oxygens (including phenoxy) is 1. The average molecular weight is 367 g/mol. The molecule has 3 rings (SSSR count). The molecule has 2 heterocycles. The molecule has 1 aliphatic rings. The molecule has 0 aliphatic carbocycles. The van der Waals surface area contributed by atoms with Crippen molar-refractivity contribution >= 4 is 28.0 Å². The first-order valence-corrected chi connectivity index (χ1v) is 7.45. The molecule has 5 nitrogen and oxygen atoms in total. The van der Waals surface area contributed by atoms with Gasteiger partial charge in [0, 0.05) is 32.7 Å². The molecule has 0 spiro atoms. The van der Waals surface area contributed by atoms with E-state index in [2.05, 4.69) is 28.2 Å². The molecule has 2 aromatic rings. The molecule has 0 unspecified atom stereocenters. The number of aromatic nitrogens is 2. The van der Waals surface area contributed by atoms with Crippen LogP contribution in [0.1, 0.15) is 0 Å². The average Bonchev–Trinajstić information content (AvgIpc) is 2.79. The molecule has 0 amide bonds. The first-order valence-electron chi connectivity index (χ1n) is 7.45. The number of morpholine rings is 1. The van der Waals surface area contributed by atoms with E-state index in [9.17, 15) is 0 Å². The lowest BCUT2D eigenvalue weighted by molar-refractivity contribution is 0.0363. The van der Waals surface area contributed by atoms with E-state index in [0.29, 0.717) is 12.2 Å². The van der Waals surface area contributed by atoms with E-state index in [4.69, 9.17) is 10.1 Å². The molecule has 1 saturated heterocycles. The zero-order valence-electron chi connectivity index (χ0n) is 12.7.